The molecule has 1 amide bonds. The summed E-state index contributed by atoms with van der Waals surface area (Å²) in [5.74, 6) is 1.92. The van der Waals surface area contributed by atoms with E-state index in [1.54, 1.807) is 25.5 Å². The fourth-order valence-electron chi connectivity index (χ4n) is 2.65. The number of aryl methyl sites for hydroxylation is 1. The molecule has 3 aromatic rings. The Balaban J connectivity index is 1.71. The first-order valence-electron chi connectivity index (χ1n) is 8.41. The van der Waals surface area contributed by atoms with Gasteiger partial charge in [-0.1, -0.05) is 23.9 Å². The molecule has 1 aromatic carbocycles. The summed E-state index contributed by atoms with van der Waals surface area (Å²) in [4.78, 5) is 12.3. The molecular weight excluding hydrogens is 378 g/mol. The molecule has 0 bridgehead atoms. The van der Waals surface area contributed by atoms with E-state index in [1.807, 2.05) is 31.3 Å². The lowest BCUT2D eigenvalue weighted by Gasteiger charge is -2.08. The highest BCUT2D eigenvalue weighted by Gasteiger charge is 2.19. The van der Waals surface area contributed by atoms with E-state index >= 15 is 0 Å². The van der Waals surface area contributed by atoms with Gasteiger partial charge in [-0.25, -0.2) is 0 Å². The fourth-order valence-corrected chi connectivity index (χ4v) is 3.36. The Morgan fingerprint density at radius 2 is 2.11 bits per heavy atom. The number of aromatic nitrogens is 3. The number of amides is 1. The molecule has 0 spiro atoms. The Kier molecular flexibility index (Phi) is 5.70. The van der Waals surface area contributed by atoms with E-state index in [2.05, 4.69) is 21.6 Å². The summed E-state index contributed by atoms with van der Waals surface area (Å²) in [5, 5.41) is 20.8. The van der Waals surface area contributed by atoms with Gasteiger partial charge in [0, 0.05) is 12.6 Å². The number of ether oxygens (including phenoxy) is 1. The molecule has 0 aliphatic heterocycles. The van der Waals surface area contributed by atoms with Gasteiger partial charge in [-0.2, -0.15) is 5.26 Å². The first-order chi connectivity index (χ1) is 13.5. The summed E-state index contributed by atoms with van der Waals surface area (Å²) >= 11 is 1.24. The van der Waals surface area contributed by atoms with Crippen molar-refractivity contribution in [3.05, 3.63) is 41.2 Å². The number of furan rings is 1. The molecule has 8 nitrogen and oxygen atoms in total. The van der Waals surface area contributed by atoms with Crippen molar-refractivity contribution in [2.24, 2.45) is 7.05 Å². The minimum Gasteiger partial charge on any atom is -0.496 e. The van der Waals surface area contributed by atoms with E-state index in [1.165, 1.54) is 11.8 Å². The molecule has 0 saturated carbocycles. The number of nitriles is 1. The van der Waals surface area contributed by atoms with Crippen molar-refractivity contribution in [3.63, 3.8) is 0 Å². The Bertz CT molecular complexity index is 1060. The molecular formula is C19H19N5O3S. The number of para-hydroxylation sites is 1. The van der Waals surface area contributed by atoms with Crippen LogP contribution in [0.5, 0.6) is 5.75 Å². The molecule has 0 aliphatic rings. The minimum atomic E-state index is -0.294. The number of carbonyl (C=O) groups is 1. The molecule has 0 radical (unpaired) electrons. The lowest BCUT2D eigenvalue weighted by atomic mass is 10.2. The molecule has 1 N–H and O–H groups in total. The van der Waals surface area contributed by atoms with Gasteiger partial charge in [-0.05, 0) is 26.0 Å². The smallest absolute Gasteiger partial charge is 0.237 e. The Labute approximate surface area is 166 Å². The zero-order chi connectivity index (χ0) is 20.3. The van der Waals surface area contributed by atoms with E-state index in [0.717, 1.165) is 11.1 Å². The maximum atomic E-state index is 12.3. The lowest BCUT2D eigenvalue weighted by molar-refractivity contribution is -0.113. The molecule has 0 atom stereocenters. The highest BCUT2D eigenvalue weighted by Crippen LogP contribution is 2.30. The molecule has 0 aliphatic carbocycles. The van der Waals surface area contributed by atoms with Crippen LogP contribution in [0.2, 0.25) is 0 Å². The number of methoxy groups -OCH3 is 1. The first kappa shape index (κ1) is 19.5. The van der Waals surface area contributed by atoms with Crippen molar-refractivity contribution in [2.45, 2.75) is 19.0 Å². The van der Waals surface area contributed by atoms with Crippen LogP contribution in [0, 0.1) is 25.2 Å². The predicted molar refractivity (Wildman–Crippen MR) is 105 cm³/mol. The van der Waals surface area contributed by atoms with Gasteiger partial charge in [0.2, 0.25) is 11.8 Å². The van der Waals surface area contributed by atoms with Gasteiger partial charge in [0.15, 0.2) is 11.0 Å². The second kappa shape index (κ2) is 8.19. The normalized spacial score (nSPS) is 10.5. The largest absolute Gasteiger partial charge is 0.496 e. The number of rotatable bonds is 6. The molecule has 9 heteroatoms. The topological polar surface area (TPSA) is 106 Å². The van der Waals surface area contributed by atoms with Gasteiger partial charge in [-0.3, -0.25) is 10.1 Å². The Morgan fingerprint density at radius 3 is 2.82 bits per heavy atom. The van der Waals surface area contributed by atoms with Crippen LogP contribution in [-0.2, 0) is 11.8 Å². The standard InChI is InChI=1S/C19H19N5O3S/c1-11-12(2)27-18(14(11)9-20)21-16(25)10-28-19-23-22-17(24(19)3)13-7-5-6-8-15(13)26-4/h5-8H,10H2,1-4H3,(H,21,25). The number of thioether (sulfide) groups is 1. The SMILES string of the molecule is COc1ccccc1-c1nnc(SCC(=O)Nc2oc(C)c(C)c2C#N)n1C. The molecule has 3 rings (SSSR count). The predicted octanol–water partition coefficient (Wildman–Crippen LogP) is 3.30. The maximum Gasteiger partial charge on any atom is 0.237 e. The average molecular weight is 397 g/mol. The lowest BCUT2D eigenvalue weighted by Crippen LogP contribution is -2.14. The van der Waals surface area contributed by atoms with Gasteiger partial charge in [0.1, 0.15) is 23.1 Å². The number of carbonyl (C=O) groups excluding carboxylic acids is 1. The van der Waals surface area contributed by atoms with Crippen LogP contribution in [0.15, 0.2) is 33.8 Å². The van der Waals surface area contributed by atoms with Crippen LogP contribution >= 0.6 is 11.8 Å². The zero-order valence-electron chi connectivity index (χ0n) is 15.9. The summed E-state index contributed by atoms with van der Waals surface area (Å²) in [6, 6.07) is 9.58. The van der Waals surface area contributed by atoms with Gasteiger partial charge in [-0.15, -0.1) is 10.2 Å². The quantitative estimate of drug-likeness (QED) is 0.636. The van der Waals surface area contributed by atoms with Crippen molar-refractivity contribution in [3.8, 4) is 23.2 Å². The number of nitrogens with zero attached hydrogens (tertiary/aromatic N) is 4. The number of hydrogen-bond acceptors (Lipinski definition) is 7. The Hall–Kier alpha value is -3.25. The van der Waals surface area contributed by atoms with Gasteiger partial charge < -0.3 is 13.7 Å². The number of benzene rings is 1. The van der Waals surface area contributed by atoms with Crippen molar-refractivity contribution in [1.82, 2.24) is 14.8 Å². The third kappa shape index (κ3) is 3.73. The zero-order valence-corrected chi connectivity index (χ0v) is 16.8. The summed E-state index contributed by atoms with van der Waals surface area (Å²) in [7, 11) is 3.43. The van der Waals surface area contributed by atoms with Gasteiger partial charge in [0.05, 0.1) is 18.4 Å². The second-order valence-corrected chi connectivity index (χ2v) is 6.94. The minimum absolute atomic E-state index is 0.0988. The summed E-state index contributed by atoms with van der Waals surface area (Å²) in [5.41, 5.74) is 1.88. The summed E-state index contributed by atoms with van der Waals surface area (Å²) < 4.78 is 12.6. The Morgan fingerprint density at radius 1 is 1.36 bits per heavy atom. The van der Waals surface area contributed by atoms with Crippen molar-refractivity contribution >= 4 is 23.6 Å². The van der Waals surface area contributed by atoms with Gasteiger partial charge >= 0.3 is 0 Å². The van der Waals surface area contributed by atoms with E-state index in [4.69, 9.17) is 9.15 Å². The van der Waals surface area contributed by atoms with Crippen molar-refractivity contribution < 1.29 is 13.9 Å². The second-order valence-electron chi connectivity index (χ2n) is 6.00. The van der Waals surface area contributed by atoms with E-state index in [9.17, 15) is 10.1 Å². The van der Waals surface area contributed by atoms with E-state index in [-0.39, 0.29) is 17.5 Å². The number of hydrogen-bond donors (Lipinski definition) is 1. The van der Waals surface area contributed by atoms with E-state index < -0.39 is 0 Å². The summed E-state index contributed by atoms with van der Waals surface area (Å²) in [6.45, 7) is 3.53. The fraction of sp³-hybridized carbons (Fsp3) is 0.263. The molecule has 2 aromatic heterocycles. The van der Waals surface area contributed by atoms with Crippen LogP contribution in [0.1, 0.15) is 16.9 Å². The van der Waals surface area contributed by atoms with Crippen LogP contribution < -0.4 is 10.1 Å². The van der Waals surface area contributed by atoms with Crippen LogP contribution in [0.3, 0.4) is 0 Å². The van der Waals surface area contributed by atoms with Crippen LogP contribution in [-0.4, -0.2) is 33.5 Å². The maximum absolute atomic E-state index is 12.3. The average Bonchev–Trinajstić information content (AvgIpc) is 3.19. The third-order valence-electron chi connectivity index (χ3n) is 4.27. The van der Waals surface area contributed by atoms with E-state index in [0.29, 0.717) is 28.1 Å². The number of anilines is 1. The third-order valence-corrected chi connectivity index (χ3v) is 5.29. The molecule has 0 saturated heterocycles. The molecule has 0 fully saturated rings. The van der Waals surface area contributed by atoms with Crippen molar-refractivity contribution in [2.75, 3.05) is 18.2 Å². The first-order valence-corrected chi connectivity index (χ1v) is 9.40. The molecule has 2 heterocycles. The molecule has 28 heavy (non-hydrogen) atoms. The summed E-state index contributed by atoms with van der Waals surface area (Å²) in [6.07, 6.45) is 0. The van der Waals surface area contributed by atoms with Crippen LogP contribution in [0.25, 0.3) is 11.4 Å². The highest BCUT2D eigenvalue weighted by atomic mass is 32.2. The number of nitrogens with one attached hydrogen (secondary N) is 1. The van der Waals surface area contributed by atoms with Crippen LogP contribution in [0.4, 0.5) is 5.88 Å². The van der Waals surface area contributed by atoms with Gasteiger partial charge in [0.25, 0.3) is 0 Å². The molecule has 0 unspecified atom stereocenters. The van der Waals surface area contributed by atoms with Crippen molar-refractivity contribution in [1.29, 1.82) is 5.26 Å². The monoisotopic (exact) mass is 397 g/mol. The molecule has 144 valence electrons. The highest BCUT2D eigenvalue weighted by molar-refractivity contribution is 7.99.